The lowest BCUT2D eigenvalue weighted by Gasteiger charge is -2.36. The maximum absolute atomic E-state index is 11.8. The molecular weight excluding hydrogens is 296 g/mol. The SMILES string of the molecule is CC(c1cccs1)N1CCCC(CNC(=O)OC(C)(C)C)C1. The zero-order valence-corrected chi connectivity index (χ0v) is 14.9. The number of alkyl carbamates (subject to hydrolysis) is 1. The van der Waals surface area contributed by atoms with Crippen LogP contribution in [-0.2, 0) is 4.74 Å². The van der Waals surface area contributed by atoms with Crippen LogP contribution in [0.1, 0.15) is 51.5 Å². The van der Waals surface area contributed by atoms with Crippen LogP contribution in [0.4, 0.5) is 4.79 Å². The van der Waals surface area contributed by atoms with Crippen molar-refractivity contribution < 1.29 is 9.53 Å². The molecule has 0 bridgehead atoms. The molecule has 1 aromatic heterocycles. The van der Waals surface area contributed by atoms with Gasteiger partial charge >= 0.3 is 6.09 Å². The Kier molecular flexibility index (Phi) is 5.87. The van der Waals surface area contributed by atoms with Crippen LogP contribution < -0.4 is 5.32 Å². The van der Waals surface area contributed by atoms with Crippen LogP contribution in [0.2, 0.25) is 0 Å². The second kappa shape index (κ2) is 7.47. The maximum atomic E-state index is 11.8. The molecule has 0 spiro atoms. The molecule has 1 aliphatic heterocycles. The quantitative estimate of drug-likeness (QED) is 0.908. The van der Waals surface area contributed by atoms with E-state index in [-0.39, 0.29) is 6.09 Å². The third kappa shape index (κ3) is 5.29. The standard InChI is InChI=1S/C17H28N2O2S/c1-13(15-8-6-10-22-15)19-9-5-7-14(12-19)11-18-16(20)21-17(2,3)4/h6,8,10,13-14H,5,7,9,11-12H2,1-4H3,(H,18,20). The van der Waals surface area contributed by atoms with E-state index < -0.39 is 5.60 Å². The van der Waals surface area contributed by atoms with Crippen molar-refractivity contribution in [2.75, 3.05) is 19.6 Å². The number of nitrogens with one attached hydrogen (secondary N) is 1. The molecule has 0 aliphatic carbocycles. The number of amides is 1. The van der Waals surface area contributed by atoms with Gasteiger partial charge in [0.25, 0.3) is 0 Å². The number of hydrogen-bond acceptors (Lipinski definition) is 4. The van der Waals surface area contributed by atoms with Gasteiger partial charge < -0.3 is 10.1 Å². The molecule has 5 heteroatoms. The number of rotatable bonds is 4. The molecule has 4 nitrogen and oxygen atoms in total. The molecule has 0 radical (unpaired) electrons. The summed E-state index contributed by atoms with van der Waals surface area (Å²) in [5.41, 5.74) is -0.434. The van der Waals surface area contributed by atoms with Gasteiger partial charge in [-0.15, -0.1) is 11.3 Å². The molecule has 0 saturated carbocycles. The number of hydrogen-bond donors (Lipinski definition) is 1. The van der Waals surface area contributed by atoms with E-state index >= 15 is 0 Å². The van der Waals surface area contributed by atoms with Crippen LogP contribution in [-0.4, -0.2) is 36.2 Å². The summed E-state index contributed by atoms with van der Waals surface area (Å²) in [6.45, 7) is 10.8. The summed E-state index contributed by atoms with van der Waals surface area (Å²) in [4.78, 5) is 15.7. The minimum atomic E-state index is -0.434. The fourth-order valence-electron chi connectivity index (χ4n) is 2.87. The lowest BCUT2D eigenvalue weighted by Crippen LogP contribution is -2.42. The van der Waals surface area contributed by atoms with E-state index in [0.29, 0.717) is 18.5 Å². The van der Waals surface area contributed by atoms with E-state index in [0.717, 1.165) is 13.1 Å². The molecule has 1 N–H and O–H groups in total. The second-order valence-electron chi connectivity index (χ2n) is 7.08. The molecule has 124 valence electrons. The van der Waals surface area contributed by atoms with Gasteiger partial charge in [-0.2, -0.15) is 0 Å². The van der Waals surface area contributed by atoms with E-state index in [1.165, 1.54) is 17.7 Å². The second-order valence-corrected chi connectivity index (χ2v) is 8.06. The van der Waals surface area contributed by atoms with Crippen LogP contribution >= 0.6 is 11.3 Å². The Morgan fingerprint density at radius 1 is 1.55 bits per heavy atom. The molecule has 2 heterocycles. The van der Waals surface area contributed by atoms with Gasteiger partial charge in [-0.3, -0.25) is 4.90 Å². The van der Waals surface area contributed by atoms with Gasteiger partial charge in [0, 0.05) is 24.0 Å². The summed E-state index contributed by atoms with van der Waals surface area (Å²) in [5.74, 6) is 0.503. The summed E-state index contributed by atoms with van der Waals surface area (Å²) in [6, 6.07) is 4.78. The summed E-state index contributed by atoms with van der Waals surface area (Å²) in [7, 11) is 0. The molecule has 2 unspecified atom stereocenters. The van der Waals surface area contributed by atoms with Gasteiger partial charge in [-0.25, -0.2) is 4.79 Å². The van der Waals surface area contributed by atoms with Crippen molar-refractivity contribution in [1.82, 2.24) is 10.2 Å². The molecule has 1 aliphatic rings. The summed E-state index contributed by atoms with van der Waals surface area (Å²) >= 11 is 1.82. The first-order valence-electron chi connectivity index (χ1n) is 8.09. The fourth-order valence-corrected chi connectivity index (χ4v) is 3.68. The number of carbonyl (C=O) groups is 1. The van der Waals surface area contributed by atoms with Crippen LogP contribution in [0.15, 0.2) is 17.5 Å². The average Bonchev–Trinajstić information content (AvgIpc) is 2.97. The minimum absolute atomic E-state index is 0.309. The van der Waals surface area contributed by atoms with E-state index in [1.54, 1.807) is 0 Å². The Morgan fingerprint density at radius 2 is 2.32 bits per heavy atom. The highest BCUT2D eigenvalue weighted by atomic mass is 32.1. The predicted molar refractivity (Wildman–Crippen MR) is 91.3 cm³/mol. The third-order valence-corrected chi connectivity index (χ3v) is 5.03. The normalized spacial score (nSPS) is 21.4. The molecule has 2 atom stereocenters. The first-order valence-corrected chi connectivity index (χ1v) is 8.97. The topological polar surface area (TPSA) is 41.6 Å². The van der Waals surface area contributed by atoms with Crippen molar-refractivity contribution in [1.29, 1.82) is 0 Å². The monoisotopic (exact) mass is 324 g/mol. The highest BCUT2D eigenvalue weighted by Crippen LogP contribution is 2.28. The highest BCUT2D eigenvalue weighted by Gasteiger charge is 2.25. The zero-order chi connectivity index (χ0) is 16.2. The number of ether oxygens (including phenoxy) is 1. The number of carbonyl (C=O) groups excluding carboxylic acids is 1. The van der Waals surface area contributed by atoms with Gasteiger partial charge in [0.2, 0.25) is 0 Å². The Morgan fingerprint density at radius 3 is 2.95 bits per heavy atom. The maximum Gasteiger partial charge on any atom is 0.407 e. The lowest BCUT2D eigenvalue weighted by molar-refractivity contribution is 0.0501. The average molecular weight is 324 g/mol. The number of piperidine rings is 1. The molecule has 1 fully saturated rings. The predicted octanol–water partition coefficient (Wildman–Crippen LogP) is 4.05. The Hall–Kier alpha value is -1.07. The van der Waals surface area contributed by atoms with E-state index in [2.05, 4.69) is 34.7 Å². The first kappa shape index (κ1) is 17.3. The van der Waals surface area contributed by atoms with Crippen molar-refractivity contribution in [3.05, 3.63) is 22.4 Å². The van der Waals surface area contributed by atoms with Crippen molar-refractivity contribution in [3.63, 3.8) is 0 Å². The largest absolute Gasteiger partial charge is 0.444 e. The van der Waals surface area contributed by atoms with Crippen LogP contribution in [0.25, 0.3) is 0 Å². The number of nitrogens with zero attached hydrogens (tertiary/aromatic N) is 1. The van der Waals surface area contributed by atoms with E-state index in [9.17, 15) is 4.79 Å². The van der Waals surface area contributed by atoms with Gasteiger partial charge in [0.05, 0.1) is 0 Å². The zero-order valence-electron chi connectivity index (χ0n) is 14.1. The molecule has 1 amide bonds. The Balaban J connectivity index is 1.80. The van der Waals surface area contributed by atoms with Gasteiger partial charge in [0.15, 0.2) is 0 Å². The lowest BCUT2D eigenvalue weighted by atomic mass is 9.96. The van der Waals surface area contributed by atoms with Crippen molar-refractivity contribution in [2.45, 2.75) is 52.2 Å². The van der Waals surface area contributed by atoms with E-state index in [1.807, 2.05) is 32.1 Å². The minimum Gasteiger partial charge on any atom is -0.444 e. The number of thiophene rings is 1. The Labute approximate surface area is 137 Å². The summed E-state index contributed by atoms with van der Waals surface area (Å²) < 4.78 is 5.30. The number of likely N-dealkylation sites (tertiary alicyclic amines) is 1. The van der Waals surface area contributed by atoms with Crippen LogP contribution in [0, 0.1) is 5.92 Å². The summed E-state index contributed by atoms with van der Waals surface area (Å²) in [6.07, 6.45) is 2.05. The molecule has 0 aromatic carbocycles. The van der Waals surface area contributed by atoms with Gasteiger partial charge in [0.1, 0.15) is 5.60 Å². The van der Waals surface area contributed by atoms with Crippen LogP contribution in [0.3, 0.4) is 0 Å². The van der Waals surface area contributed by atoms with Gasteiger partial charge in [-0.1, -0.05) is 6.07 Å². The highest BCUT2D eigenvalue weighted by molar-refractivity contribution is 7.10. The van der Waals surface area contributed by atoms with E-state index in [4.69, 9.17) is 4.74 Å². The third-order valence-electron chi connectivity index (χ3n) is 3.99. The molecule has 22 heavy (non-hydrogen) atoms. The van der Waals surface area contributed by atoms with Crippen molar-refractivity contribution in [2.24, 2.45) is 5.92 Å². The van der Waals surface area contributed by atoms with Crippen LogP contribution in [0.5, 0.6) is 0 Å². The van der Waals surface area contributed by atoms with Gasteiger partial charge in [-0.05, 0) is 64.4 Å². The fraction of sp³-hybridized carbons (Fsp3) is 0.706. The molecule has 1 saturated heterocycles. The molecule has 2 rings (SSSR count). The van der Waals surface area contributed by atoms with Crippen molar-refractivity contribution in [3.8, 4) is 0 Å². The van der Waals surface area contributed by atoms with Crippen molar-refractivity contribution >= 4 is 17.4 Å². The molecular formula is C17H28N2O2S. The smallest absolute Gasteiger partial charge is 0.407 e. The Bertz CT molecular complexity index is 468. The molecule has 1 aromatic rings. The summed E-state index contributed by atoms with van der Waals surface area (Å²) in [5, 5.41) is 5.05. The first-order chi connectivity index (χ1) is 10.3.